The van der Waals surface area contributed by atoms with Crippen molar-refractivity contribution in [3.63, 3.8) is 0 Å². The number of pyridine rings is 1. The Bertz CT molecular complexity index is 749. The van der Waals surface area contributed by atoms with Crippen molar-refractivity contribution in [3.8, 4) is 0 Å². The lowest BCUT2D eigenvalue weighted by Crippen LogP contribution is -2.45. The Kier molecular flexibility index (Phi) is 4.71. The van der Waals surface area contributed by atoms with Gasteiger partial charge in [0, 0.05) is 74.5 Å². The molecule has 0 spiro atoms. The van der Waals surface area contributed by atoms with Crippen molar-refractivity contribution in [2.45, 2.75) is 0 Å². The van der Waals surface area contributed by atoms with Gasteiger partial charge in [0.05, 0.1) is 5.52 Å². The van der Waals surface area contributed by atoms with E-state index in [9.17, 15) is 0 Å². The number of nitrogens with zero attached hydrogens (tertiary/aromatic N) is 5. The van der Waals surface area contributed by atoms with Gasteiger partial charge in [-0.05, 0) is 32.3 Å². The zero-order valence-electron chi connectivity index (χ0n) is 15.1. The predicted molar refractivity (Wildman–Crippen MR) is 106 cm³/mol. The molecule has 0 bridgehead atoms. The van der Waals surface area contributed by atoms with Crippen LogP contribution in [-0.2, 0) is 0 Å². The summed E-state index contributed by atoms with van der Waals surface area (Å²) in [6.45, 7) is 8.51. The van der Waals surface area contributed by atoms with Crippen LogP contribution in [0.25, 0.3) is 10.9 Å². The second-order valence-electron chi connectivity index (χ2n) is 7.24. The number of piperazine rings is 2. The highest BCUT2D eigenvalue weighted by molar-refractivity contribution is 6.31. The third kappa shape index (κ3) is 3.54. The van der Waals surface area contributed by atoms with E-state index in [1.807, 2.05) is 6.07 Å². The van der Waals surface area contributed by atoms with Gasteiger partial charge in [-0.1, -0.05) is 11.6 Å². The maximum Gasteiger partial charge on any atom is 0.131 e. The lowest BCUT2D eigenvalue weighted by molar-refractivity contribution is 0.311. The molecule has 134 valence electrons. The van der Waals surface area contributed by atoms with Crippen LogP contribution in [0, 0.1) is 0 Å². The minimum Gasteiger partial charge on any atom is -0.368 e. The molecule has 2 fully saturated rings. The first-order valence-electron chi connectivity index (χ1n) is 9.07. The molecule has 1 aromatic carbocycles. The van der Waals surface area contributed by atoms with Crippen LogP contribution in [0.4, 0.5) is 11.5 Å². The Morgan fingerprint density at radius 1 is 0.800 bits per heavy atom. The van der Waals surface area contributed by atoms with E-state index in [2.05, 4.69) is 51.9 Å². The summed E-state index contributed by atoms with van der Waals surface area (Å²) in [5.41, 5.74) is 2.31. The van der Waals surface area contributed by atoms with Gasteiger partial charge in [-0.15, -0.1) is 0 Å². The zero-order chi connectivity index (χ0) is 17.4. The Morgan fingerprint density at radius 3 is 2.04 bits per heavy atom. The molecule has 3 heterocycles. The Labute approximate surface area is 154 Å². The van der Waals surface area contributed by atoms with E-state index in [4.69, 9.17) is 16.6 Å². The molecule has 2 aromatic rings. The molecule has 2 aliphatic rings. The van der Waals surface area contributed by atoms with Crippen LogP contribution in [-0.4, -0.2) is 81.2 Å². The summed E-state index contributed by atoms with van der Waals surface area (Å²) in [7, 11) is 4.37. The van der Waals surface area contributed by atoms with Gasteiger partial charge < -0.3 is 19.6 Å². The van der Waals surface area contributed by atoms with Crippen LogP contribution >= 0.6 is 11.6 Å². The average Bonchev–Trinajstić information content (AvgIpc) is 2.62. The molecule has 25 heavy (non-hydrogen) atoms. The molecule has 0 unspecified atom stereocenters. The van der Waals surface area contributed by atoms with Crippen LogP contribution in [0.15, 0.2) is 24.3 Å². The van der Waals surface area contributed by atoms with Crippen molar-refractivity contribution in [2.75, 3.05) is 76.3 Å². The molecule has 0 aliphatic carbocycles. The molecule has 0 saturated carbocycles. The minimum atomic E-state index is 0.775. The number of hydrogen-bond acceptors (Lipinski definition) is 5. The number of halogens is 1. The fourth-order valence-electron chi connectivity index (χ4n) is 3.67. The number of likely N-dealkylation sites (N-methyl/N-ethyl adjacent to an activating group) is 2. The molecule has 5 nitrogen and oxygen atoms in total. The maximum atomic E-state index is 6.29. The number of anilines is 2. The van der Waals surface area contributed by atoms with Gasteiger partial charge >= 0.3 is 0 Å². The van der Waals surface area contributed by atoms with Gasteiger partial charge in [0.2, 0.25) is 0 Å². The Morgan fingerprint density at radius 2 is 1.40 bits per heavy atom. The molecule has 0 amide bonds. The average molecular weight is 360 g/mol. The first-order valence-corrected chi connectivity index (χ1v) is 9.45. The standard InChI is InChI=1S/C19H26ClN5/c1-22-5-9-24(10-6-22)18-14-19(25-11-7-23(2)8-12-25)21-17-4-3-15(20)13-16(17)18/h3-4,13-14H,5-12H2,1-2H3. The molecule has 1 aromatic heterocycles. The van der Waals surface area contributed by atoms with Crippen LogP contribution < -0.4 is 9.80 Å². The summed E-state index contributed by atoms with van der Waals surface area (Å²) in [4.78, 5) is 14.6. The smallest absolute Gasteiger partial charge is 0.131 e. The van der Waals surface area contributed by atoms with Crippen molar-refractivity contribution in [2.24, 2.45) is 0 Å². The Balaban J connectivity index is 1.74. The van der Waals surface area contributed by atoms with Gasteiger partial charge in [-0.3, -0.25) is 0 Å². The highest BCUT2D eigenvalue weighted by Gasteiger charge is 2.21. The topological polar surface area (TPSA) is 25.9 Å². The maximum absolute atomic E-state index is 6.29. The van der Waals surface area contributed by atoms with E-state index in [-0.39, 0.29) is 0 Å². The van der Waals surface area contributed by atoms with Gasteiger partial charge in [0.15, 0.2) is 0 Å². The third-order valence-electron chi connectivity index (χ3n) is 5.41. The molecular weight excluding hydrogens is 334 g/mol. The van der Waals surface area contributed by atoms with Gasteiger partial charge in [0.1, 0.15) is 5.82 Å². The number of aromatic nitrogens is 1. The SMILES string of the molecule is CN1CCN(c2cc(N3CCN(C)CC3)c3cc(Cl)ccc3n2)CC1. The van der Waals surface area contributed by atoms with Crippen LogP contribution in [0.2, 0.25) is 5.02 Å². The summed E-state index contributed by atoms with van der Waals surface area (Å²) in [6.07, 6.45) is 0. The van der Waals surface area contributed by atoms with Gasteiger partial charge in [-0.2, -0.15) is 0 Å². The van der Waals surface area contributed by atoms with E-state index in [1.54, 1.807) is 0 Å². The summed E-state index contributed by atoms with van der Waals surface area (Å²) >= 11 is 6.29. The number of hydrogen-bond donors (Lipinski definition) is 0. The van der Waals surface area contributed by atoms with E-state index < -0.39 is 0 Å². The minimum absolute atomic E-state index is 0.775. The first-order chi connectivity index (χ1) is 12.1. The summed E-state index contributed by atoms with van der Waals surface area (Å²) in [6, 6.07) is 8.33. The van der Waals surface area contributed by atoms with Gasteiger partial charge in [0.25, 0.3) is 0 Å². The van der Waals surface area contributed by atoms with E-state index >= 15 is 0 Å². The lowest BCUT2D eigenvalue weighted by atomic mass is 10.1. The number of fused-ring (bicyclic) bond motifs is 1. The van der Waals surface area contributed by atoms with E-state index in [0.717, 1.165) is 74.1 Å². The molecular formula is C19H26ClN5. The zero-order valence-corrected chi connectivity index (χ0v) is 15.8. The van der Waals surface area contributed by atoms with Crippen molar-refractivity contribution < 1.29 is 0 Å². The summed E-state index contributed by atoms with van der Waals surface area (Å²) in [5.74, 6) is 1.09. The second kappa shape index (κ2) is 6.98. The third-order valence-corrected chi connectivity index (χ3v) is 5.64. The van der Waals surface area contributed by atoms with E-state index in [0.29, 0.717) is 0 Å². The van der Waals surface area contributed by atoms with Crippen LogP contribution in [0.1, 0.15) is 0 Å². The molecule has 0 atom stereocenters. The molecule has 2 aliphatic heterocycles. The predicted octanol–water partition coefficient (Wildman–Crippen LogP) is 2.39. The fourth-order valence-corrected chi connectivity index (χ4v) is 3.85. The molecule has 0 radical (unpaired) electrons. The van der Waals surface area contributed by atoms with Crippen molar-refractivity contribution >= 4 is 34.0 Å². The highest BCUT2D eigenvalue weighted by Crippen LogP contribution is 2.32. The Hall–Kier alpha value is -1.56. The van der Waals surface area contributed by atoms with Crippen LogP contribution in [0.3, 0.4) is 0 Å². The lowest BCUT2D eigenvalue weighted by Gasteiger charge is -2.36. The van der Waals surface area contributed by atoms with E-state index in [1.165, 1.54) is 5.69 Å². The molecule has 6 heteroatoms. The molecule has 4 rings (SSSR count). The van der Waals surface area contributed by atoms with Crippen molar-refractivity contribution in [1.29, 1.82) is 0 Å². The normalized spacial score (nSPS) is 20.4. The number of rotatable bonds is 2. The highest BCUT2D eigenvalue weighted by atomic mass is 35.5. The largest absolute Gasteiger partial charge is 0.368 e. The quantitative estimate of drug-likeness (QED) is 0.820. The first kappa shape index (κ1) is 16.9. The molecule has 2 saturated heterocycles. The van der Waals surface area contributed by atoms with Gasteiger partial charge in [-0.25, -0.2) is 4.98 Å². The number of benzene rings is 1. The summed E-state index contributed by atoms with van der Waals surface area (Å²) in [5, 5.41) is 1.94. The fraction of sp³-hybridized carbons (Fsp3) is 0.526. The van der Waals surface area contributed by atoms with Crippen LogP contribution in [0.5, 0.6) is 0 Å². The van der Waals surface area contributed by atoms with Crippen molar-refractivity contribution in [1.82, 2.24) is 14.8 Å². The molecule has 0 N–H and O–H groups in total. The summed E-state index contributed by atoms with van der Waals surface area (Å²) < 4.78 is 0. The second-order valence-corrected chi connectivity index (χ2v) is 7.68. The monoisotopic (exact) mass is 359 g/mol. The van der Waals surface area contributed by atoms with Crippen molar-refractivity contribution in [3.05, 3.63) is 29.3 Å².